The minimum absolute atomic E-state index is 0.160. The quantitative estimate of drug-likeness (QED) is 0.620. The molecule has 138 valence electrons. The van der Waals surface area contributed by atoms with E-state index in [-0.39, 0.29) is 23.3 Å². The van der Waals surface area contributed by atoms with Crippen molar-refractivity contribution < 1.29 is 9.59 Å². The molecular weight excluding hydrogens is 384 g/mol. The van der Waals surface area contributed by atoms with E-state index in [0.717, 1.165) is 17.1 Å². The molecule has 0 spiro atoms. The number of halogens is 1. The monoisotopic (exact) mass is 400 g/mol. The van der Waals surface area contributed by atoms with Crippen LogP contribution < -0.4 is 5.32 Å². The number of amides is 1. The Morgan fingerprint density at radius 3 is 2.63 bits per heavy atom. The van der Waals surface area contributed by atoms with Gasteiger partial charge in [-0.05, 0) is 17.0 Å². The predicted octanol–water partition coefficient (Wildman–Crippen LogP) is 4.39. The molecule has 6 nitrogen and oxygen atoms in total. The van der Waals surface area contributed by atoms with Crippen LogP contribution in [0.15, 0.2) is 48.8 Å². The third-order valence-electron chi connectivity index (χ3n) is 4.10. The lowest BCUT2D eigenvalue weighted by Crippen LogP contribution is -2.23. The van der Waals surface area contributed by atoms with Crippen molar-refractivity contribution in [2.24, 2.45) is 0 Å². The van der Waals surface area contributed by atoms with Gasteiger partial charge in [0.05, 0.1) is 10.6 Å². The first-order valence-corrected chi connectivity index (χ1v) is 9.35. The van der Waals surface area contributed by atoms with Crippen LogP contribution in [-0.4, -0.2) is 26.3 Å². The topological polar surface area (TPSA) is 84.8 Å². The van der Waals surface area contributed by atoms with Crippen LogP contribution >= 0.6 is 23.1 Å². The number of carbonyl (C=O) groups excluding carboxylic acids is 2. The fraction of sp³-hybridized carbons (Fsp3) is 0.211. The Morgan fingerprint density at radius 2 is 1.93 bits per heavy atom. The smallest absolute Gasteiger partial charge is 0.257 e. The van der Waals surface area contributed by atoms with E-state index in [1.54, 1.807) is 0 Å². The number of nitrogens with one attached hydrogen (secondary N) is 1. The van der Waals surface area contributed by atoms with E-state index in [0.29, 0.717) is 15.6 Å². The van der Waals surface area contributed by atoms with E-state index >= 15 is 0 Å². The van der Waals surface area contributed by atoms with Gasteiger partial charge in [-0.15, -0.1) is 5.10 Å². The molecule has 0 saturated carbocycles. The van der Waals surface area contributed by atoms with E-state index in [1.807, 2.05) is 44.2 Å². The van der Waals surface area contributed by atoms with E-state index < -0.39 is 5.91 Å². The SMILES string of the molecule is CC(C)(CC(=O)c1nnsc1NC(=O)c1cncc(Cl)c1)c1ccccc1. The zero-order valence-electron chi connectivity index (χ0n) is 14.8. The maximum Gasteiger partial charge on any atom is 0.257 e. The molecule has 1 amide bonds. The number of hydrogen-bond donors (Lipinski definition) is 1. The molecule has 0 aliphatic carbocycles. The molecule has 0 radical (unpaired) electrons. The van der Waals surface area contributed by atoms with Gasteiger partial charge in [0.1, 0.15) is 5.00 Å². The molecule has 1 N–H and O–H groups in total. The Hall–Kier alpha value is -2.64. The summed E-state index contributed by atoms with van der Waals surface area (Å²) in [6.45, 7) is 3.99. The number of benzene rings is 1. The number of pyridine rings is 1. The highest BCUT2D eigenvalue weighted by atomic mass is 35.5. The predicted molar refractivity (Wildman–Crippen MR) is 106 cm³/mol. The average Bonchev–Trinajstić information content (AvgIpc) is 3.10. The number of nitrogens with zero attached hydrogens (tertiary/aromatic N) is 3. The summed E-state index contributed by atoms with van der Waals surface area (Å²) in [5, 5.41) is 7.26. The molecule has 3 aromatic rings. The maximum atomic E-state index is 12.8. The highest BCUT2D eigenvalue weighted by molar-refractivity contribution is 7.10. The van der Waals surface area contributed by atoms with Gasteiger partial charge in [0, 0.05) is 30.3 Å². The molecule has 1 aromatic carbocycles. The zero-order chi connectivity index (χ0) is 19.4. The van der Waals surface area contributed by atoms with Crippen LogP contribution in [0.1, 0.15) is 46.7 Å². The van der Waals surface area contributed by atoms with Gasteiger partial charge in [-0.3, -0.25) is 14.6 Å². The van der Waals surface area contributed by atoms with Crippen molar-refractivity contribution in [2.45, 2.75) is 25.7 Å². The van der Waals surface area contributed by atoms with Gasteiger partial charge in [-0.25, -0.2) is 0 Å². The van der Waals surface area contributed by atoms with Crippen molar-refractivity contribution in [1.82, 2.24) is 14.6 Å². The lowest BCUT2D eigenvalue weighted by atomic mass is 9.80. The number of ketones is 1. The molecule has 0 fully saturated rings. The van der Waals surface area contributed by atoms with Crippen molar-refractivity contribution in [1.29, 1.82) is 0 Å². The van der Waals surface area contributed by atoms with Crippen molar-refractivity contribution in [3.05, 3.63) is 70.6 Å². The second-order valence-corrected chi connectivity index (χ2v) is 7.84. The Morgan fingerprint density at radius 1 is 1.19 bits per heavy atom. The van der Waals surface area contributed by atoms with Crippen LogP contribution in [0.4, 0.5) is 5.00 Å². The van der Waals surface area contributed by atoms with Gasteiger partial charge in [0.2, 0.25) is 0 Å². The van der Waals surface area contributed by atoms with Crippen LogP contribution in [0.2, 0.25) is 5.02 Å². The summed E-state index contributed by atoms with van der Waals surface area (Å²) >= 11 is 6.82. The summed E-state index contributed by atoms with van der Waals surface area (Å²) in [6, 6.07) is 11.3. The maximum absolute atomic E-state index is 12.8. The van der Waals surface area contributed by atoms with Gasteiger partial charge < -0.3 is 5.32 Å². The van der Waals surface area contributed by atoms with E-state index in [4.69, 9.17) is 11.6 Å². The second-order valence-electron chi connectivity index (χ2n) is 6.65. The zero-order valence-corrected chi connectivity index (χ0v) is 16.3. The molecule has 2 aromatic heterocycles. The molecule has 0 atom stereocenters. The molecule has 0 unspecified atom stereocenters. The Labute approximate surface area is 165 Å². The van der Waals surface area contributed by atoms with Gasteiger partial charge in [0.25, 0.3) is 5.91 Å². The first-order chi connectivity index (χ1) is 12.9. The summed E-state index contributed by atoms with van der Waals surface area (Å²) in [4.78, 5) is 29.1. The summed E-state index contributed by atoms with van der Waals surface area (Å²) < 4.78 is 3.82. The number of anilines is 1. The Kier molecular flexibility index (Phi) is 5.62. The van der Waals surface area contributed by atoms with Crippen LogP contribution in [-0.2, 0) is 5.41 Å². The summed E-state index contributed by atoms with van der Waals surface area (Å²) in [6.07, 6.45) is 3.08. The van der Waals surface area contributed by atoms with Gasteiger partial charge in [0.15, 0.2) is 11.5 Å². The third-order valence-corrected chi connectivity index (χ3v) is 4.95. The molecule has 27 heavy (non-hydrogen) atoms. The Bertz CT molecular complexity index is 973. The molecule has 3 rings (SSSR count). The normalized spacial score (nSPS) is 11.2. The first-order valence-electron chi connectivity index (χ1n) is 8.20. The molecule has 0 aliphatic heterocycles. The van der Waals surface area contributed by atoms with Crippen LogP contribution in [0, 0.1) is 0 Å². The first kappa shape index (κ1) is 19.1. The molecule has 0 saturated heterocycles. The van der Waals surface area contributed by atoms with Gasteiger partial charge >= 0.3 is 0 Å². The molecule has 8 heteroatoms. The van der Waals surface area contributed by atoms with E-state index in [1.165, 1.54) is 18.5 Å². The lowest BCUT2D eigenvalue weighted by Gasteiger charge is -2.24. The average molecular weight is 401 g/mol. The van der Waals surface area contributed by atoms with Crippen LogP contribution in [0.25, 0.3) is 0 Å². The minimum Gasteiger partial charge on any atom is -0.310 e. The number of Topliss-reactive ketones (excluding diaryl/α,β-unsaturated/α-hetero) is 1. The fourth-order valence-electron chi connectivity index (χ4n) is 2.64. The van der Waals surface area contributed by atoms with Gasteiger partial charge in [-0.1, -0.05) is 60.3 Å². The number of aromatic nitrogens is 3. The van der Waals surface area contributed by atoms with E-state index in [2.05, 4.69) is 19.9 Å². The van der Waals surface area contributed by atoms with Crippen LogP contribution in [0.5, 0.6) is 0 Å². The number of carbonyl (C=O) groups is 2. The molecule has 0 bridgehead atoms. The number of hydrogen-bond acceptors (Lipinski definition) is 6. The Balaban J connectivity index is 1.76. The number of rotatable bonds is 6. The third kappa shape index (κ3) is 4.56. The van der Waals surface area contributed by atoms with Crippen molar-refractivity contribution >= 4 is 39.8 Å². The lowest BCUT2D eigenvalue weighted by molar-refractivity contribution is 0.0954. The standard InChI is InChI=1S/C19H17ClN4O2S/c1-19(2,13-6-4-3-5-7-13)9-15(25)16-18(27-24-23-16)22-17(26)12-8-14(20)11-21-10-12/h3-8,10-11H,9H2,1-2H3,(H,22,26). The van der Waals surface area contributed by atoms with Gasteiger partial charge in [-0.2, -0.15) is 0 Å². The van der Waals surface area contributed by atoms with Crippen molar-refractivity contribution in [2.75, 3.05) is 5.32 Å². The minimum atomic E-state index is -0.424. The van der Waals surface area contributed by atoms with Crippen molar-refractivity contribution in [3.63, 3.8) is 0 Å². The highest BCUT2D eigenvalue weighted by Crippen LogP contribution is 2.30. The molecular formula is C19H17ClN4O2S. The van der Waals surface area contributed by atoms with E-state index in [9.17, 15) is 9.59 Å². The van der Waals surface area contributed by atoms with Crippen molar-refractivity contribution in [3.8, 4) is 0 Å². The summed E-state index contributed by atoms with van der Waals surface area (Å²) in [5.74, 6) is -0.607. The molecule has 0 aliphatic rings. The second kappa shape index (κ2) is 7.94. The largest absolute Gasteiger partial charge is 0.310 e. The summed E-state index contributed by atoms with van der Waals surface area (Å²) in [7, 11) is 0. The summed E-state index contributed by atoms with van der Waals surface area (Å²) in [5.41, 5.74) is 1.13. The molecule has 2 heterocycles. The highest BCUT2D eigenvalue weighted by Gasteiger charge is 2.28. The van der Waals surface area contributed by atoms with Crippen LogP contribution in [0.3, 0.4) is 0 Å². The fourth-order valence-corrected chi connectivity index (χ4v) is 3.40.